The van der Waals surface area contributed by atoms with E-state index >= 15 is 0 Å². The fourth-order valence-corrected chi connectivity index (χ4v) is 5.68. The van der Waals surface area contributed by atoms with Crippen molar-refractivity contribution in [1.82, 2.24) is 0 Å². The van der Waals surface area contributed by atoms with Crippen LogP contribution in [0.15, 0.2) is 12.2 Å². The van der Waals surface area contributed by atoms with Crippen LogP contribution in [0, 0.1) is 11.8 Å². The summed E-state index contributed by atoms with van der Waals surface area (Å²) in [6.45, 7) is 4.88. The third-order valence-corrected chi connectivity index (χ3v) is 6.64. The molecule has 3 saturated carbocycles. The van der Waals surface area contributed by atoms with Crippen LogP contribution in [0.2, 0.25) is 0 Å². The quantitative estimate of drug-likeness (QED) is 0.416. The highest BCUT2D eigenvalue weighted by Crippen LogP contribution is 2.52. The van der Waals surface area contributed by atoms with Crippen LogP contribution in [0.3, 0.4) is 0 Å². The van der Waals surface area contributed by atoms with Crippen LogP contribution in [0.1, 0.15) is 32.6 Å². The molecule has 0 aromatic heterocycles. The van der Waals surface area contributed by atoms with Gasteiger partial charge in [0.05, 0.1) is 11.7 Å². The van der Waals surface area contributed by atoms with Crippen LogP contribution in [-0.4, -0.2) is 44.4 Å². The lowest BCUT2D eigenvalue weighted by molar-refractivity contribution is -0.168. The summed E-state index contributed by atoms with van der Waals surface area (Å²) in [4.78, 5) is 23.2. The van der Waals surface area contributed by atoms with Crippen LogP contribution in [0.4, 0.5) is 0 Å². The molecule has 0 radical (unpaired) electrons. The molecular formula is C15H20O7S. The Morgan fingerprint density at radius 2 is 2.04 bits per heavy atom. The highest BCUT2D eigenvalue weighted by Gasteiger charge is 2.61. The average molecular weight is 344 g/mol. The van der Waals surface area contributed by atoms with Crippen LogP contribution in [0.5, 0.6) is 0 Å². The predicted octanol–water partition coefficient (Wildman–Crippen LogP) is 0.935. The van der Waals surface area contributed by atoms with Crippen LogP contribution in [0.25, 0.3) is 0 Å². The minimum absolute atomic E-state index is 0.0224. The van der Waals surface area contributed by atoms with Crippen molar-refractivity contribution in [2.45, 2.75) is 50.1 Å². The first-order valence-corrected chi connectivity index (χ1v) is 9.21. The van der Waals surface area contributed by atoms with Gasteiger partial charge in [0.1, 0.15) is 18.8 Å². The van der Waals surface area contributed by atoms with Crippen LogP contribution in [-0.2, 0) is 33.4 Å². The molecule has 128 valence electrons. The number of ether oxygens (including phenoxy) is 2. The number of carbonyl (C=O) groups excluding carboxylic acids is 2. The minimum atomic E-state index is -3.53. The molecule has 23 heavy (non-hydrogen) atoms. The molecule has 4 fully saturated rings. The first kappa shape index (κ1) is 16.4. The van der Waals surface area contributed by atoms with Gasteiger partial charge in [-0.25, -0.2) is 4.79 Å². The van der Waals surface area contributed by atoms with Gasteiger partial charge in [-0.1, -0.05) is 6.58 Å². The van der Waals surface area contributed by atoms with E-state index in [4.69, 9.17) is 13.7 Å². The average Bonchev–Trinajstić information content (AvgIpc) is 2.71. The number of hydrogen-bond acceptors (Lipinski definition) is 7. The standard InChI is InChI=1S/C15H20O7S/c1-8(2)15(17)20-6-5-12(16)21-13-9-3-4-10-11(7-9)23(18,19)22-14(10)13/h9-11,13-14H,1,3-7H2,2H3. The highest BCUT2D eigenvalue weighted by molar-refractivity contribution is 7.87. The molecule has 0 spiro atoms. The van der Waals surface area contributed by atoms with E-state index in [1.54, 1.807) is 0 Å². The molecule has 4 aliphatic rings. The van der Waals surface area contributed by atoms with E-state index in [9.17, 15) is 18.0 Å². The smallest absolute Gasteiger partial charge is 0.333 e. The fraction of sp³-hybridized carbons (Fsp3) is 0.733. The zero-order valence-electron chi connectivity index (χ0n) is 12.9. The molecule has 4 bridgehead atoms. The lowest BCUT2D eigenvalue weighted by Crippen LogP contribution is -2.51. The molecule has 1 heterocycles. The zero-order valence-corrected chi connectivity index (χ0v) is 13.7. The molecule has 5 atom stereocenters. The van der Waals surface area contributed by atoms with Crippen molar-refractivity contribution in [3.63, 3.8) is 0 Å². The summed E-state index contributed by atoms with van der Waals surface area (Å²) in [5.41, 5.74) is 0.263. The molecule has 7 nitrogen and oxygen atoms in total. The number of carbonyl (C=O) groups is 2. The van der Waals surface area contributed by atoms with E-state index in [-0.39, 0.29) is 30.4 Å². The topological polar surface area (TPSA) is 96.0 Å². The maximum Gasteiger partial charge on any atom is 0.333 e. The lowest BCUT2D eigenvalue weighted by atomic mass is 9.67. The zero-order chi connectivity index (χ0) is 16.8. The van der Waals surface area contributed by atoms with Gasteiger partial charge in [0.2, 0.25) is 0 Å². The van der Waals surface area contributed by atoms with Crippen molar-refractivity contribution in [3.05, 3.63) is 12.2 Å². The first-order chi connectivity index (χ1) is 10.8. The third-order valence-electron chi connectivity index (χ3n) is 4.87. The third kappa shape index (κ3) is 3.01. The maximum atomic E-state index is 11.9. The Hall–Kier alpha value is -1.41. The number of fused-ring (bicyclic) bond motifs is 1. The predicted molar refractivity (Wildman–Crippen MR) is 78.7 cm³/mol. The second-order valence-electron chi connectivity index (χ2n) is 6.45. The van der Waals surface area contributed by atoms with Crippen LogP contribution < -0.4 is 0 Å². The van der Waals surface area contributed by atoms with E-state index in [1.807, 2.05) is 0 Å². The molecule has 1 aliphatic heterocycles. The summed E-state index contributed by atoms with van der Waals surface area (Å²) in [6.07, 6.45) is 0.982. The second kappa shape index (κ2) is 5.90. The molecular weight excluding hydrogens is 324 g/mol. The van der Waals surface area contributed by atoms with E-state index in [0.717, 1.165) is 12.8 Å². The molecule has 8 heteroatoms. The highest BCUT2D eigenvalue weighted by atomic mass is 32.2. The summed E-state index contributed by atoms with van der Waals surface area (Å²) in [5, 5.41) is -0.447. The molecule has 0 amide bonds. The SMILES string of the molecule is C=C(C)C(=O)OCCC(=O)OC1C2CCC3C1OS(=O)(=O)C3C2. The Morgan fingerprint density at radius 3 is 2.74 bits per heavy atom. The van der Waals surface area contributed by atoms with Gasteiger partial charge in [-0.15, -0.1) is 0 Å². The Bertz CT molecular complexity index is 638. The Morgan fingerprint density at radius 1 is 1.30 bits per heavy atom. The van der Waals surface area contributed by atoms with Gasteiger partial charge < -0.3 is 9.47 Å². The van der Waals surface area contributed by atoms with Gasteiger partial charge in [0.15, 0.2) is 0 Å². The fourth-order valence-electron chi connectivity index (χ4n) is 3.78. The van der Waals surface area contributed by atoms with E-state index < -0.39 is 39.5 Å². The molecule has 0 aromatic carbocycles. The Kier molecular flexibility index (Phi) is 4.22. The van der Waals surface area contributed by atoms with E-state index in [0.29, 0.717) is 6.42 Å². The van der Waals surface area contributed by atoms with Crippen molar-refractivity contribution in [2.75, 3.05) is 6.61 Å². The normalized spacial score (nSPS) is 36.5. The van der Waals surface area contributed by atoms with E-state index in [1.165, 1.54) is 6.92 Å². The number of rotatable bonds is 5. The largest absolute Gasteiger partial charge is 0.462 e. The summed E-state index contributed by atoms with van der Waals surface area (Å²) in [6, 6.07) is 0. The van der Waals surface area contributed by atoms with Gasteiger partial charge in [-0.05, 0) is 32.1 Å². The van der Waals surface area contributed by atoms with Crippen molar-refractivity contribution in [2.24, 2.45) is 11.8 Å². The molecule has 1 saturated heterocycles. The summed E-state index contributed by atoms with van der Waals surface area (Å²) < 4.78 is 39.4. The first-order valence-electron chi connectivity index (χ1n) is 7.74. The molecule has 5 unspecified atom stereocenters. The Labute approximate surface area is 135 Å². The lowest BCUT2D eigenvalue weighted by Gasteiger charge is -2.43. The Balaban J connectivity index is 1.55. The van der Waals surface area contributed by atoms with Gasteiger partial charge in [0, 0.05) is 11.5 Å². The van der Waals surface area contributed by atoms with Gasteiger partial charge in [-0.3, -0.25) is 8.98 Å². The number of hydrogen-bond donors (Lipinski definition) is 0. The van der Waals surface area contributed by atoms with Crippen molar-refractivity contribution in [1.29, 1.82) is 0 Å². The molecule has 0 N–H and O–H groups in total. The van der Waals surface area contributed by atoms with Crippen molar-refractivity contribution >= 4 is 22.1 Å². The van der Waals surface area contributed by atoms with Crippen molar-refractivity contribution in [3.8, 4) is 0 Å². The maximum absolute atomic E-state index is 11.9. The summed E-state index contributed by atoms with van der Waals surface area (Å²) in [7, 11) is -3.53. The minimum Gasteiger partial charge on any atom is -0.462 e. The van der Waals surface area contributed by atoms with Gasteiger partial charge in [-0.2, -0.15) is 8.42 Å². The second-order valence-corrected chi connectivity index (χ2v) is 8.23. The summed E-state index contributed by atoms with van der Waals surface area (Å²) in [5.74, 6) is -1.12. The monoisotopic (exact) mass is 344 g/mol. The van der Waals surface area contributed by atoms with Crippen LogP contribution >= 0.6 is 0 Å². The summed E-state index contributed by atoms with van der Waals surface area (Å²) >= 11 is 0. The molecule has 3 aliphatic carbocycles. The van der Waals surface area contributed by atoms with E-state index in [2.05, 4.69) is 6.58 Å². The van der Waals surface area contributed by atoms with Crippen molar-refractivity contribution < 1.29 is 31.7 Å². The van der Waals surface area contributed by atoms with Gasteiger partial charge >= 0.3 is 11.9 Å². The molecule has 0 aromatic rings. The number of esters is 2. The van der Waals surface area contributed by atoms with Gasteiger partial charge in [0.25, 0.3) is 10.1 Å². The molecule has 4 rings (SSSR count).